The monoisotopic (exact) mass is 307 g/mol. The van der Waals surface area contributed by atoms with Gasteiger partial charge in [-0.25, -0.2) is 4.79 Å². The van der Waals surface area contributed by atoms with Crippen molar-refractivity contribution in [3.63, 3.8) is 0 Å². The van der Waals surface area contributed by atoms with E-state index >= 15 is 0 Å². The molecular formula is C16H25N3OS. The molecule has 2 amide bonds. The Morgan fingerprint density at radius 3 is 2.67 bits per heavy atom. The summed E-state index contributed by atoms with van der Waals surface area (Å²) in [5.74, 6) is 1.35. The lowest BCUT2D eigenvalue weighted by Crippen LogP contribution is -2.52. The largest absolute Gasteiger partial charge is 0.331 e. The molecule has 1 aromatic heterocycles. The molecule has 5 heteroatoms. The Morgan fingerprint density at radius 1 is 1.38 bits per heavy atom. The minimum atomic E-state index is 0.0255. The van der Waals surface area contributed by atoms with Gasteiger partial charge in [-0.2, -0.15) is 11.8 Å². The van der Waals surface area contributed by atoms with Crippen LogP contribution in [0.25, 0.3) is 0 Å². The maximum Gasteiger partial charge on any atom is 0.318 e. The number of carbonyl (C=O) groups excluding carboxylic acids is 1. The zero-order valence-corrected chi connectivity index (χ0v) is 14.1. The van der Waals surface area contributed by atoms with Crippen molar-refractivity contribution in [2.45, 2.75) is 45.0 Å². The van der Waals surface area contributed by atoms with Crippen molar-refractivity contribution < 1.29 is 4.79 Å². The second-order valence-corrected chi connectivity index (χ2v) is 7.45. The molecule has 4 nitrogen and oxygen atoms in total. The topological polar surface area (TPSA) is 45.2 Å². The Hall–Kier alpha value is -1.23. The van der Waals surface area contributed by atoms with E-state index in [1.807, 2.05) is 28.8 Å². The molecule has 1 fully saturated rings. The van der Waals surface area contributed by atoms with Crippen LogP contribution in [0.1, 0.15) is 39.3 Å². The Bertz CT molecular complexity index is 466. The Labute approximate surface area is 131 Å². The van der Waals surface area contributed by atoms with E-state index in [0.29, 0.717) is 11.2 Å². The third-order valence-corrected chi connectivity index (χ3v) is 5.49. The summed E-state index contributed by atoms with van der Waals surface area (Å²) >= 11 is 1.94. The molecule has 0 radical (unpaired) electrons. The predicted octanol–water partition coefficient (Wildman–Crippen LogP) is 3.31. The van der Waals surface area contributed by atoms with Crippen LogP contribution in [0.5, 0.6) is 0 Å². The number of hydrogen-bond donors (Lipinski definition) is 1. The van der Waals surface area contributed by atoms with Gasteiger partial charge in [-0.05, 0) is 30.5 Å². The van der Waals surface area contributed by atoms with Crippen molar-refractivity contribution >= 4 is 17.8 Å². The van der Waals surface area contributed by atoms with Gasteiger partial charge < -0.3 is 10.2 Å². The number of rotatable bonds is 3. The Kier molecular flexibility index (Phi) is 5.51. The SMILES string of the molecule is CC(C)[C@H](NC(=O)N1CCS[C@H](C)[C@H]1C)c1ccncc1. The maximum atomic E-state index is 12.6. The summed E-state index contributed by atoms with van der Waals surface area (Å²) in [7, 11) is 0. The van der Waals surface area contributed by atoms with Crippen LogP contribution in [0.3, 0.4) is 0 Å². The molecule has 3 atom stereocenters. The van der Waals surface area contributed by atoms with E-state index in [0.717, 1.165) is 17.9 Å². The minimum Gasteiger partial charge on any atom is -0.331 e. The van der Waals surface area contributed by atoms with E-state index in [1.165, 1.54) is 0 Å². The molecule has 116 valence electrons. The first-order chi connectivity index (χ1) is 10.0. The Balaban J connectivity index is 2.08. The lowest BCUT2D eigenvalue weighted by molar-refractivity contribution is 0.173. The van der Waals surface area contributed by atoms with E-state index in [-0.39, 0.29) is 18.1 Å². The van der Waals surface area contributed by atoms with E-state index < -0.39 is 0 Å². The first kappa shape index (κ1) is 16.1. The molecule has 0 aliphatic carbocycles. The number of thioether (sulfide) groups is 1. The number of nitrogens with zero attached hydrogens (tertiary/aromatic N) is 2. The highest BCUT2D eigenvalue weighted by Gasteiger charge is 2.30. The summed E-state index contributed by atoms with van der Waals surface area (Å²) in [6, 6.07) is 4.29. The average Bonchev–Trinajstić information content (AvgIpc) is 2.48. The predicted molar refractivity (Wildman–Crippen MR) is 88.4 cm³/mol. The van der Waals surface area contributed by atoms with Crippen LogP contribution in [0.4, 0.5) is 4.79 Å². The number of urea groups is 1. The van der Waals surface area contributed by atoms with E-state index in [1.54, 1.807) is 12.4 Å². The summed E-state index contributed by atoms with van der Waals surface area (Å²) in [6.07, 6.45) is 3.55. The molecule has 1 aliphatic rings. The summed E-state index contributed by atoms with van der Waals surface area (Å²) < 4.78 is 0. The summed E-state index contributed by atoms with van der Waals surface area (Å²) in [5.41, 5.74) is 1.11. The van der Waals surface area contributed by atoms with Crippen molar-refractivity contribution in [3.05, 3.63) is 30.1 Å². The molecule has 0 saturated carbocycles. The lowest BCUT2D eigenvalue weighted by Gasteiger charge is -2.38. The van der Waals surface area contributed by atoms with Crippen molar-refractivity contribution in [1.82, 2.24) is 15.2 Å². The third-order valence-electron chi connectivity index (χ3n) is 4.16. The van der Waals surface area contributed by atoms with Crippen LogP contribution in [-0.4, -0.2) is 39.5 Å². The number of aromatic nitrogens is 1. The van der Waals surface area contributed by atoms with Gasteiger partial charge in [-0.1, -0.05) is 20.8 Å². The fourth-order valence-corrected chi connectivity index (χ4v) is 3.74. The van der Waals surface area contributed by atoms with Crippen LogP contribution in [0.15, 0.2) is 24.5 Å². The van der Waals surface area contributed by atoms with E-state index in [4.69, 9.17) is 0 Å². The molecule has 21 heavy (non-hydrogen) atoms. The fraction of sp³-hybridized carbons (Fsp3) is 0.625. The van der Waals surface area contributed by atoms with Crippen molar-refractivity contribution in [3.8, 4) is 0 Å². The first-order valence-corrected chi connectivity index (χ1v) is 8.64. The zero-order chi connectivity index (χ0) is 15.4. The number of pyridine rings is 1. The first-order valence-electron chi connectivity index (χ1n) is 7.59. The van der Waals surface area contributed by atoms with Crippen LogP contribution >= 0.6 is 11.8 Å². The van der Waals surface area contributed by atoms with Gasteiger partial charge >= 0.3 is 6.03 Å². The van der Waals surface area contributed by atoms with Crippen molar-refractivity contribution in [1.29, 1.82) is 0 Å². The molecule has 0 spiro atoms. The van der Waals surface area contributed by atoms with Gasteiger partial charge in [0, 0.05) is 36.0 Å². The van der Waals surface area contributed by atoms with Gasteiger partial charge in [-0.3, -0.25) is 4.98 Å². The number of nitrogens with one attached hydrogen (secondary N) is 1. The van der Waals surface area contributed by atoms with Gasteiger partial charge in [0.25, 0.3) is 0 Å². The van der Waals surface area contributed by atoms with Crippen LogP contribution in [0.2, 0.25) is 0 Å². The highest BCUT2D eigenvalue weighted by Crippen LogP contribution is 2.26. The molecule has 2 heterocycles. The molecule has 0 unspecified atom stereocenters. The fourth-order valence-electron chi connectivity index (χ4n) is 2.64. The molecule has 1 aromatic rings. The quantitative estimate of drug-likeness (QED) is 0.932. The molecule has 2 rings (SSSR count). The second kappa shape index (κ2) is 7.16. The summed E-state index contributed by atoms with van der Waals surface area (Å²) in [6.45, 7) is 9.40. The standard InChI is InChI=1S/C16H25N3OS/c1-11(2)15(14-5-7-17-8-6-14)18-16(20)19-9-10-21-13(4)12(19)3/h5-8,11-13,15H,9-10H2,1-4H3,(H,18,20)/t12-,13-,15+/m1/s1. The number of hydrogen-bond acceptors (Lipinski definition) is 3. The number of amides is 2. The smallest absolute Gasteiger partial charge is 0.318 e. The van der Waals surface area contributed by atoms with Gasteiger partial charge in [0.15, 0.2) is 0 Å². The second-order valence-electron chi connectivity index (χ2n) is 5.96. The van der Waals surface area contributed by atoms with Gasteiger partial charge in [0.2, 0.25) is 0 Å². The van der Waals surface area contributed by atoms with E-state index in [2.05, 4.69) is 38.0 Å². The van der Waals surface area contributed by atoms with Gasteiger partial charge in [-0.15, -0.1) is 0 Å². The molecule has 1 saturated heterocycles. The van der Waals surface area contributed by atoms with Crippen LogP contribution in [-0.2, 0) is 0 Å². The lowest BCUT2D eigenvalue weighted by atomic mass is 9.97. The average molecular weight is 307 g/mol. The summed E-state index contributed by atoms with van der Waals surface area (Å²) in [4.78, 5) is 18.7. The minimum absolute atomic E-state index is 0.0255. The third kappa shape index (κ3) is 3.90. The van der Waals surface area contributed by atoms with Crippen LogP contribution in [0, 0.1) is 5.92 Å². The van der Waals surface area contributed by atoms with Gasteiger partial charge in [0.05, 0.1) is 6.04 Å². The Morgan fingerprint density at radius 2 is 2.05 bits per heavy atom. The molecule has 0 bridgehead atoms. The molecule has 0 aromatic carbocycles. The molecule has 1 aliphatic heterocycles. The highest BCUT2D eigenvalue weighted by atomic mass is 32.2. The number of carbonyl (C=O) groups is 1. The van der Waals surface area contributed by atoms with Crippen molar-refractivity contribution in [2.75, 3.05) is 12.3 Å². The van der Waals surface area contributed by atoms with E-state index in [9.17, 15) is 4.79 Å². The normalized spacial score (nSPS) is 24.0. The highest BCUT2D eigenvalue weighted by molar-refractivity contribution is 8.00. The maximum absolute atomic E-state index is 12.6. The van der Waals surface area contributed by atoms with Crippen LogP contribution < -0.4 is 5.32 Å². The van der Waals surface area contributed by atoms with Gasteiger partial charge in [0.1, 0.15) is 0 Å². The summed E-state index contributed by atoms with van der Waals surface area (Å²) in [5, 5.41) is 3.69. The molecular weight excluding hydrogens is 282 g/mol. The van der Waals surface area contributed by atoms with Crippen molar-refractivity contribution in [2.24, 2.45) is 5.92 Å². The molecule has 1 N–H and O–H groups in total. The zero-order valence-electron chi connectivity index (χ0n) is 13.2.